The van der Waals surface area contributed by atoms with Gasteiger partial charge in [-0.2, -0.15) is 9.61 Å². The largest absolute Gasteiger partial charge is 0.398 e. The van der Waals surface area contributed by atoms with Crippen LogP contribution < -0.4 is 5.73 Å². The zero-order valence-electron chi connectivity index (χ0n) is 11.3. The number of aromatic nitrogens is 4. The van der Waals surface area contributed by atoms with E-state index in [-0.39, 0.29) is 5.82 Å². The van der Waals surface area contributed by atoms with Crippen molar-refractivity contribution < 1.29 is 4.39 Å². The van der Waals surface area contributed by atoms with Gasteiger partial charge in [-0.1, -0.05) is 24.2 Å². The molecule has 108 valence electrons. The Bertz CT molecular complexity index is 803. The van der Waals surface area contributed by atoms with E-state index in [1.165, 1.54) is 36.3 Å². The van der Waals surface area contributed by atoms with Crippen molar-refractivity contribution in [3.63, 3.8) is 0 Å². The number of nitrogen functional groups attached to an aromatic ring is 1. The number of hydrogen-bond acceptors (Lipinski definition) is 5. The molecule has 1 saturated carbocycles. The third-order valence-corrected chi connectivity index (χ3v) is 4.91. The Morgan fingerprint density at radius 2 is 2.05 bits per heavy atom. The van der Waals surface area contributed by atoms with E-state index in [0.29, 0.717) is 22.2 Å². The van der Waals surface area contributed by atoms with E-state index in [9.17, 15) is 4.39 Å². The molecule has 0 amide bonds. The van der Waals surface area contributed by atoms with Crippen LogP contribution in [0.4, 0.5) is 10.1 Å². The van der Waals surface area contributed by atoms with E-state index < -0.39 is 0 Å². The molecule has 5 nitrogen and oxygen atoms in total. The first-order valence-corrected chi connectivity index (χ1v) is 7.81. The predicted octanol–water partition coefficient (Wildman–Crippen LogP) is 3.23. The van der Waals surface area contributed by atoms with Crippen molar-refractivity contribution in [1.29, 1.82) is 0 Å². The highest BCUT2D eigenvalue weighted by molar-refractivity contribution is 7.19. The average molecular weight is 303 g/mol. The minimum Gasteiger partial charge on any atom is -0.398 e. The van der Waals surface area contributed by atoms with Crippen LogP contribution >= 0.6 is 11.3 Å². The number of benzene rings is 1. The highest BCUT2D eigenvalue weighted by Crippen LogP contribution is 2.35. The van der Waals surface area contributed by atoms with Gasteiger partial charge < -0.3 is 5.73 Å². The molecule has 0 aliphatic heterocycles. The lowest BCUT2D eigenvalue weighted by Gasteiger charge is -2.04. The highest BCUT2D eigenvalue weighted by Gasteiger charge is 2.24. The predicted molar refractivity (Wildman–Crippen MR) is 79.7 cm³/mol. The fraction of sp³-hybridized carbons (Fsp3) is 0.357. The summed E-state index contributed by atoms with van der Waals surface area (Å²) in [7, 11) is 0. The van der Waals surface area contributed by atoms with Crippen LogP contribution in [-0.4, -0.2) is 19.8 Å². The summed E-state index contributed by atoms with van der Waals surface area (Å²) in [6.07, 6.45) is 4.73. The van der Waals surface area contributed by atoms with E-state index in [1.54, 1.807) is 10.6 Å². The van der Waals surface area contributed by atoms with Crippen molar-refractivity contribution >= 4 is 22.0 Å². The molecule has 0 atom stereocenters. The molecular weight excluding hydrogens is 289 g/mol. The van der Waals surface area contributed by atoms with E-state index in [0.717, 1.165) is 23.6 Å². The summed E-state index contributed by atoms with van der Waals surface area (Å²) in [5.74, 6) is 1.03. The number of anilines is 1. The monoisotopic (exact) mass is 303 g/mol. The molecule has 0 radical (unpaired) electrons. The summed E-state index contributed by atoms with van der Waals surface area (Å²) in [6, 6.07) is 4.32. The summed E-state index contributed by atoms with van der Waals surface area (Å²) >= 11 is 1.38. The Morgan fingerprint density at radius 3 is 2.86 bits per heavy atom. The quantitative estimate of drug-likeness (QED) is 0.738. The van der Waals surface area contributed by atoms with E-state index in [2.05, 4.69) is 15.3 Å². The van der Waals surface area contributed by atoms with Crippen LogP contribution in [-0.2, 0) is 0 Å². The fourth-order valence-electron chi connectivity index (χ4n) is 2.89. The average Bonchev–Trinajstić information content (AvgIpc) is 3.15. The van der Waals surface area contributed by atoms with Crippen molar-refractivity contribution in [3.8, 4) is 10.6 Å². The zero-order valence-corrected chi connectivity index (χ0v) is 12.1. The first-order valence-electron chi connectivity index (χ1n) is 7.00. The van der Waals surface area contributed by atoms with Crippen LogP contribution in [0.25, 0.3) is 15.5 Å². The molecule has 1 aromatic carbocycles. The number of nitrogens with zero attached hydrogens (tertiary/aromatic N) is 4. The van der Waals surface area contributed by atoms with Crippen molar-refractivity contribution in [2.45, 2.75) is 31.6 Å². The molecule has 1 aliphatic rings. The standard InChI is InChI=1S/C14H14FN5S/c15-9-5-6-11(16)10(7-9)13-19-20-12(8-3-1-2-4-8)17-18-14(20)21-13/h5-8H,1-4,16H2. The molecule has 4 rings (SSSR count). The molecule has 0 spiro atoms. The van der Waals surface area contributed by atoms with Gasteiger partial charge in [0.15, 0.2) is 5.82 Å². The molecule has 0 bridgehead atoms. The molecule has 2 heterocycles. The molecular formula is C14H14FN5S. The fourth-order valence-corrected chi connectivity index (χ4v) is 3.78. The summed E-state index contributed by atoms with van der Waals surface area (Å²) in [6.45, 7) is 0. The van der Waals surface area contributed by atoms with Gasteiger partial charge in [0.05, 0.1) is 0 Å². The van der Waals surface area contributed by atoms with Gasteiger partial charge in [0.1, 0.15) is 10.8 Å². The van der Waals surface area contributed by atoms with Gasteiger partial charge in [0.25, 0.3) is 0 Å². The van der Waals surface area contributed by atoms with Gasteiger partial charge in [0, 0.05) is 17.2 Å². The maximum atomic E-state index is 13.4. The van der Waals surface area contributed by atoms with Crippen molar-refractivity contribution in [3.05, 3.63) is 29.8 Å². The topological polar surface area (TPSA) is 69.1 Å². The zero-order chi connectivity index (χ0) is 14.4. The first kappa shape index (κ1) is 12.7. The molecule has 0 saturated heterocycles. The van der Waals surface area contributed by atoms with Gasteiger partial charge in [-0.15, -0.1) is 10.2 Å². The van der Waals surface area contributed by atoms with Crippen LogP contribution in [0.2, 0.25) is 0 Å². The number of halogens is 1. The van der Waals surface area contributed by atoms with Gasteiger partial charge in [-0.3, -0.25) is 0 Å². The Morgan fingerprint density at radius 1 is 1.24 bits per heavy atom. The Kier molecular flexibility index (Phi) is 2.88. The van der Waals surface area contributed by atoms with E-state index in [4.69, 9.17) is 5.73 Å². The number of rotatable bonds is 2. The molecule has 7 heteroatoms. The van der Waals surface area contributed by atoms with Gasteiger partial charge in [-0.05, 0) is 31.0 Å². The molecule has 3 aromatic rings. The van der Waals surface area contributed by atoms with Gasteiger partial charge in [0.2, 0.25) is 4.96 Å². The van der Waals surface area contributed by atoms with Crippen molar-refractivity contribution in [1.82, 2.24) is 19.8 Å². The highest BCUT2D eigenvalue weighted by atomic mass is 32.1. The van der Waals surface area contributed by atoms with Gasteiger partial charge in [-0.25, -0.2) is 4.39 Å². The first-order chi connectivity index (χ1) is 10.2. The van der Waals surface area contributed by atoms with Gasteiger partial charge >= 0.3 is 0 Å². The lowest BCUT2D eigenvalue weighted by atomic mass is 10.1. The third-order valence-electron chi connectivity index (χ3n) is 3.98. The molecule has 1 fully saturated rings. The smallest absolute Gasteiger partial charge is 0.234 e. The normalized spacial score (nSPS) is 16.0. The summed E-state index contributed by atoms with van der Waals surface area (Å²) in [4.78, 5) is 0.732. The van der Waals surface area contributed by atoms with Crippen molar-refractivity contribution in [2.24, 2.45) is 0 Å². The number of hydrogen-bond donors (Lipinski definition) is 1. The third kappa shape index (κ3) is 2.08. The second kappa shape index (κ2) is 4.77. The minimum atomic E-state index is -0.318. The second-order valence-electron chi connectivity index (χ2n) is 5.37. The molecule has 1 aliphatic carbocycles. The lowest BCUT2D eigenvalue weighted by Crippen LogP contribution is -2.01. The lowest BCUT2D eigenvalue weighted by molar-refractivity contribution is 0.628. The molecule has 0 unspecified atom stereocenters. The Balaban J connectivity index is 1.82. The maximum Gasteiger partial charge on any atom is 0.234 e. The molecule has 21 heavy (non-hydrogen) atoms. The summed E-state index contributed by atoms with van der Waals surface area (Å²) < 4.78 is 15.2. The summed E-state index contributed by atoms with van der Waals surface area (Å²) in [5, 5.41) is 13.7. The molecule has 2 N–H and O–H groups in total. The van der Waals surface area contributed by atoms with Crippen LogP contribution in [0.3, 0.4) is 0 Å². The minimum absolute atomic E-state index is 0.318. The van der Waals surface area contributed by atoms with Crippen LogP contribution in [0.5, 0.6) is 0 Å². The van der Waals surface area contributed by atoms with E-state index in [1.807, 2.05) is 0 Å². The maximum absolute atomic E-state index is 13.4. The van der Waals surface area contributed by atoms with Crippen LogP contribution in [0.1, 0.15) is 37.4 Å². The molecule has 2 aromatic heterocycles. The van der Waals surface area contributed by atoms with Crippen LogP contribution in [0.15, 0.2) is 18.2 Å². The number of nitrogens with two attached hydrogens (primary N) is 1. The van der Waals surface area contributed by atoms with E-state index >= 15 is 0 Å². The Labute approximate surface area is 124 Å². The van der Waals surface area contributed by atoms with Crippen molar-refractivity contribution in [2.75, 3.05) is 5.73 Å². The Hall–Kier alpha value is -2.02. The second-order valence-corrected chi connectivity index (χ2v) is 6.33. The SMILES string of the molecule is Nc1ccc(F)cc1-c1nn2c(C3CCCC3)nnc2s1. The van der Waals surface area contributed by atoms with Crippen LogP contribution in [0, 0.1) is 5.82 Å². The summed E-state index contributed by atoms with van der Waals surface area (Å²) in [5.41, 5.74) is 7.06. The number of fused-ring (bicyclic) bond motifs is 1.